The average Bonchev–Trinajstić information content (AvgIpc) is 3.11. The van der Waals surface area contributed by atoms with Crippen LogP contribution in [-0.4, -0.2) is 85.3 Å². The zero-order valence-corrected chi connectivity index (χ0v) is 20.5. The fourth-order valence-electron chi connectivity index (χ4n) is 2.98. The lowest BCUT2D eigenvalue weighted by Gasteiger charge is -2.22. The largest absolute Gasteiger partial charge is 0.389 e. The second kappa shape index (κ2) is 13.8. The first-order valence-electron chi connectivity index (χ1n) is 10.2. The Morgan fingerprint density at radius 3 is 2.44 bits per heavy atom. The van der Waals surface area contributed by atoms with Gasteiger partial charge < -0.3 is 29.0 Å². The highest BCUT2D eigenvalue weighted by Crippen LogP contribution is 2.61. The first kappa shape index (κ1) is 28.2. The number of methoxy groups -OCH3 is 1. The summed E-state index contributed by atoms with van der Waals surface area (Å²) in [5.74, 6) is -0.0633. The molecule has 0 radical (unpaired) electrons. The quantitative estimate of drug-likeness (QED) is 0.206. The Labute approximate surface area is 200 Å². The van der Waals surface area contributed by atoms with Gasteiger partial charge in [0.2, 0.25) is 13.1 Å². The second-order valence-corrected chi connectivity index (χ2v) is 11.2. The van der Waals surface area contributed by atoms with Crippen LogP contribution < -0.4 is 11.2 Å². The molecule has 0 aliphatic carbocycles. The number of ether oxygens (including phenoxy) is 3. The summed E-state index contributed by atoms with van der Waals surface area (Å²) in [5, 5.41) is 10.9. The molecule has 0 unspecified atom stereocenters. The van der Waals surface area contributed by atoms with E-state index in [9.17, 15) is 19.3 Å². The molecule has 188 valence electrons. The number of rotatable bonds is 14. The van der Waals surface area contributed by atoms with Gasteiger partial charge in [-0.1, -0.05) is 0 Å². The number of aromatic amines is 1. The molecule has 34 heavy (non-hydrogen) atoms. The van der Waals surface area contributed by atoms with Crippen molar-refractivity contribution in [2.45, 2.75) is 31.5 Å². The highest BCUT2D eigenvalue weighted by Gasteiger charge is 2.47. The van der Waals surface area contributed by atoms with Gasteiger partial charge in [0.05, 0.1) is 19.3 Å². The van der Waals surface area contributed by atoms with Crippen molar-refractivity contribution in [3.63, 3.8) is 0 Å². The molecule has 1 aliphatic heterocycles. The Bertz CT molecular complexity index is 1030. The van der Waals surface area contributed by atoms with E-state index < -0.39 is 42.6 Å². The van der Waals surface area contributed by atoms with Crippen molar-refractivity contribution in [2.24, 2.45) is 0 Å². The number of nitrogens with zero attached hydrogens (tertiary/aromatic N) is 3. The number of aryl methyl sites for hydroxylation is 1. The summed E-state index contributed by atoms with van der Waals surface area (Å²) in [4.78, 5) is 32.6. The van der Waals surface area contributed by atoms with Crippen molar-refractivity contribution in [3.8, 4) is 0 Å². The molecule has 15 heteroatoms. The molecular weight excluding hydrogens is 491 g/mol. The van der Waals surface area contributed by atoms with E-state index in [1.807, 2.05) is 0 Å². The molecule has 2 heterocycles. The molecule has 13 nitrogen and oxygen atoms in total. The van der Waals surface area contributed by atoms with Crippen LogP contribution in [-0.2, 0) is 27.8 Å². The van der Waals surface area contributed by atoms with Crippen molar-refractivity contribution in [1.29, 1.82) is 0 Å². The Balaban J connectivity index is 2.21. The van der Waals surface area contributed by atoms with Gasteiger partial charge >= 0.3 is 12.5 Å². The maximum absolute atomic E-state index is 13.0. The highest BCUT2D eigenvalue weighted by molar-refractivity contribution is 8.55. The number of H-pyrrole nitrogens is 1. The van der Waals surface area contributed by atoms with Gasteiger partial charge in [-0.05, 0) is 18.3 Å². The summed E-state index contributed by atoms with van der Waals surface area (Å²) in [5.41, 5.74) is -1.02. The van der Waals surface area contributed by atoms with Crippen LogP contribution in [0.5, 0.6) is 0 Å². The lowest BCUT2D eigenvalue weighted by molar-refractivity contribution is -0.0789. The van der Waals surface area contributed by atoms with Gasteiger partial charge in [-0.3, -0.25) is 23.4 Å². The third-order valence-corrected chi connectivity index (χ3v) is 8.45. The van der Waals surface area contributed by atoms with Crippen LogP contribution in [0.2, 0.25) is 0 Å². The van der Waals surface area contributed by atoms with Crippen LogP contribution in [0.1, 0.15) is 11.8 Å². The molecule has 2 N–H and O–H groups in total. The minimum atomic E-state index is -3.76. The lowest BCUT2D eigenvalue weighted by Crippen LogP contribution is -2.40. The topological polar surface area (TPSA) is 147 Å². The van der Waals surface area contributed by atoms with Gasteiger partial charge in [0.15, 0.2) is 6.23 Å². The van der Waals surface area contributed by atoms with Crippen molar-refractivity contribution >= 4 is 18.2 Å². The average molecular weight is 518 g/mol. The number of aliphatic hydroxyl groups is 1. The number of aromatic nitrogens is 2. The first-order valence-corrected chi connectivity index (χ1v) is 13.4. The molecule has 0 aromatic carbocycles. The Hall–Kier alpha value is -2.00. The predicted molar refractivity (Wildman–Crippen MR) is 122 cm³/mol. The molecule has 0 bridgehead atoms. The summed E-state index contributed by atoms with van der Waals surface area (Å²) in [7, 11) is 1.48. The standard InChI is InChI=1S/C19H27N4O9PS/c1-13-11-23(19(26)22-17(13)25)18-16(29-10-9-28-4)15(24)14(32-18)12-34-33(27,30-7-5-20-2)31-8-6-21-3/h11,14-16,18,24H,5-10,12H2,1,4H3,(H,22,25,26)/t14-,15-,16-,18-/m1/s1. The Kier molecular flexibility index (Phi) is 11.4. The third-order valence-electron chi connectivity index (χ3n) is 4.63. The van der Waals surface area contributed by atoms with E-state index in [1.165, 1.54) is 20.2 Å². The minimum Gasteiger partial charge on any atom is -0.387 e. The van der Waals surface area contributed by atoms with Gasteiger partial charge in [0, 0.05) is 24.6 Å². The Morgan fingerprint density at radius 2 is 1.85 bits per heavy atom. The van der Waals surface area contributed by atoms with E-state index in [4.69, 9.17) is 36.4 Å². The van der Waals surface area contributed by atoms with Gasteiger partial charge in [-0.15, -0.1) is 0 Å². The number of aliphatic hydroxyl groups excluding tert-OH is 1. The molecule has 1 aromatic rings. The summed E-state index contributed by atoms with van der Waals surface area (Å²) >= 11 is 0.758. The molecule has 1 fully saturated rings. The highest BCUT2D eigenvalue weighted by atomic mass is 32.7. The maximum Gasteiger partial charge on any atom is 0.389 e. The predicted octanol–water partition coefficient (Wildman–Crippen LogP) is 0.848. The zero-order chi connectivity index (χ0) is 25.1. The van der Waals surface area contributed by atoms with Crippen LogP contribution in [0.4, 0.5) is 0 Å². The van der Waals surface area contributed by atoms with E-state index in [2.05, 4.69) is 14.7 Å². The van der Waals surface area contributed by atoms with Crippen LogP contribution in [0.15, 0.2) is 15.8 Å². The zero-order valence-electron chi connectivity index (χ0n) is 18.7. The SMILES string of the molecule is [C-]#[N+]CCOP(=O)(OCC[N+]#[C-])SC[C@H]1O[C@@H](n2cc(C)c(=O)[nH]c2=O)[C@H](OCCOC)[C@@H]1O. The van der Waals surface area contributed by atoms with Gasteiger partial charge in [-0.25, -0.2) is 22.5 Å². The molecule has 1 aliphatic rings. The van der Waals surface area contributed by atoms with E-state index in [-0.39, 0.29) is 50.8 Å². The lowest BCUT2D eigenvalue weighted by atomic mass is 10.1. The molecular formula is C19H27N4O9PS. The van der Waals surface area contributed by atoms with E-state index >= 15 is 0 Å². The second-order valence-electron chi connectivity index (χ2n) is 7.04. The van der Waals surface area contributed by atoms with Crippen molar-refractivity contribution < 1.29 is 32.9 Å². The summed E-state index contributed by atoms with van der Waals surface area (Å²) in [6, 6.07) is 0. The van der Waals surface area contributed by atoms with Gasteiger partial charge in [-0.2, -0.15) is 0 Å². The maximum atomic E-state index is 13.0. The summed E-state index contributed by atoms with van der Waals surface area (Å²) in [6.07, 6.45) is -2.93. The smallest absolute Gasteiger partial charge is 0.387 e. The van der Waals surface area contributed by atoms with Crippen molar-refractivity contribution in [3.05, 3.63) is 55.4 Å². The molecule has 0 saturated carbocycles. The Morgan fingerprint density at radius 1 is 1.21 bits per heavy atom. The molecule has 0 amide bonds. The van der Waals surface area contributed by atoms with Crippen molar-refractivity contribution in [2.75, 3.05) is 52.4 Å². The van der Waals surface area contributed by atoms with E-state index in [1.54, 1.807) is 0 Å². The number of hydrogen-bond acceptors (Lipinski definition) is 10. The van der Waals surface area contributed by atoms with Gasteiger partial charge in [0.25, 0.3) is 5.56 Å². The van der Waals surface area contributed by atoms with Crippen LogP contribution >= 0.6 is 18.2 Å². The van der Waals surface area contributed by atoms with Gasteiger partial charge in [0.1, 0.15) is 25.4 Å². The van der Waals surface area contributed by atoms with Crippen LogP contribution in [0.3, 0.4) is 0 Å². The summed E-state index contributed by atoms with van der Waals surface area (Å²) < 4.78 is 41.3. The monoisotopic (exact) mass is 518 g/mol. The van der Waals surface area contributed by atoms with Crippen molar-refractivity contribution in [1.82, 2.24) is 9.55 Å². The minimum absolute atomic E-state index is 0.0226. The van der Waals surface area contributed by atoms with Crippen LogP contribution in [0, 0.1) is 20.1 Å². The normalized spacial score (nSPS) is 22.4. The fourth-order valence-corrected chi connectivity index (χ4v) is 6.30. The van der Waals surface area contributed by atoms with Crippen LogP contribution in [0.25, 0.3) is 9.69 Å². The number of hydrogen-bond donors (Lipinski definition) is 2. The molecule has 1 saturated heterocycles. The van der Waals surface area contributed by atoms with E-state index in [0.29, 0.717) is 0 Å². The number of nitrogens with one attached hydrogen (secondary N) is 1. The molecule has 0 spiro atoms. The molecule has 2 rings (SSSR count). The van der Waals surface area contributed by atoms with E-state index in [0.717, 1.165) is 15.9 Å². The summed E-state index contributed by atoms with van der Waals surface area (Å²) in [6.45, 7) is 11.4. The molecule has 4 atom stereocenters. The molecule has 1 aromatic heterocycles. The third kappa shape index (κ3) is 7.77. The first-order chi connectivity index (χ1) is 16.3. The fraction of sp³-hybridized carbons (Fsp3) is 0.684.